The Morgan fingerprint density at radius 1 is 0.700 bits per heavy atom. The monoisotopic (exact) mass is 430 g/mol. The van der Waals surface area contributed by atoms with Gasteiger partial charge in [-0.3, -0.25) is 0 Å². The Morgan fingerprint density at radius 3 is 1.77 bits per heavy atom. The second-order valence-corrected chi connectivity index (χ2v) is 5.67. The smallest absolute Gasteiger partial charge is 0.406 e. The van der Waals surface area contributed by atoms with E-state index >= 15 is 0 Å². The molecule has 0 unspecified atom stereocenters. The summed E-state index contributed by atoms with van der Waals surface area (Å²) < 4.78 is 81.7. The molecule has 3 rings (SSSR count). The average Bonchev–Trinajstić information content (AvgIpc) is 2.59. The van der Waals surface area contributed by atoms with Gasteiger partial charge in [-0.15, -0.1) is 26.3 Å². The van der Waals surface area contributed by atoms with E-state index in [1.54, 1.807) is 0 Å². The molecule has 0 saturated heterocycles. The zero-order valence-electron chi connectivity index (χ0n) is 14.8. The fourth-order valence-corrected chi connectivity index (χ4v) is 2.31. The molecule has 3 aromatic rings. The van der Waals surface area contributed by atoms with Crippen LogP contribution in [0.3, 0.4) is 0 Å². The van der Waals surface area contributed by atoms with Gasteiger partial charge < -0.3 is 20.1 Å². The first-order chi connectivity index (χ1) is 14.1. The van der Waals surface area contributed by atoms with E-state index in [1.165, 1.54) is 36.5 Å². The number of hydrogen-bond donors (Lipinski definition) is 2. The van der Waals surface area contributed by atoms with Crippen molar-refractivity contribution in [1.82, 2.24) is 9.97 Å². The van der Waals surface area contributed by atoms with Crippen molar-refractivity contribution in [1.29, 1.82) is 0 Å². The highest BCUT2D eigenvalue weighted by Crippen LogP contribution is 2.28. The van der Waals surface area contributed by atoms with Crippen LogP contribution in [-0.4, -0.2) is 22.7 Å². The maximum Gasteiger partial charge on any atom is 0.573 e. The second-order valence-electron chi connectivity index (χ2n) is 5.67. The number of ether oxygens (including phenoxy) is 2. The summed E-state index contributed by atoms with van der Waals surface area (Å²) in [6.07, 6.45) is -8.30. The van der Waals surface area contributed by atoms with Crippen molar-refractivity contribution < 1.29 is 35.8 Å². The predicted octanol–water partition coefficient (Wildman–Crippen LogP) is 5.76. The van der Waals surface area contributed by atoms with Gasteiger partial charge in [0, 0.05) is 29.7 Å². The molecule has 0 aliphatic rings. The lowest BCUT2D eigenvalue weighted by Crippen LogP contribution is -2.17. The van der Waals surface area contributed by atoms with Gasteiger partial charge in [0.25, 0.3) is 0 Å². The first-order valence-corrected chi connectivity index (χ1v) is 8.14. The molecule has 0 saturated carbocycles. The number of halogens is 6. The minimum atomic E-state index is -4.83. The fourth-order valence-electron chi connectivity index (χ4n) is 2.31. The Bertz CT molecular complexity index is 933. The maximum absolute atomic E-state index is 12.3. The third kappa shape index (κ3) is 6.72. The number of benzene rings is 2. The van der Waals surface area contributed by atoms with Crippen LogP contribution in [0.4, 0.5) is 49.5 Å². The molecule has 0 atom stereocenters. The average molecular weight is 430 g/mol. The number of hydrogen-bond acceptors (Lipinski definition) is 6. The predicted molar refractivity (Wildman–Crippen MR) is 94.8 cm³/mol. The van der Waals surface area contributed by atoms with Gasteiger partial charge in [0.05, 0.1) is 0 Å². The van der Waals surface area contributed by atoms with Gasteiger partial charge in [-0.05, 0) is 30.3 Å². The van der Waals surface area contributed by atoms with Crippen LogP contribution in [-0.2, 0) is 0 Å². The minimum absolute atomic E-state index is 0.0341. The summed E-state index contributed by atoms with van der Waals surface area (Å²) in [5.41, 5.74) is 0.497. The Labute approximate surface area is 165 Å². The van der Waals surface area contributed by atoms with E-state index in [-0.39, 0.29) is 23.1 Å². The first kappa shape index (κ1) is 21.0. The fraction of sp³-hybridized carbons (Fsp3) is 0.111. The Morgan fingerprint density at radius 2 is 1.23 bits per heavy atom. The molecule has 0 amide bonds. The summed E-state index contributed by atoms with van der Waals surface area (Å²) in [6.45, 7) is 0. The zero-order valence-corrected chi connectivity index (χ0v) is 14.8. The van der Waals surface area contributed by atoms with E-state index < -0.39 is 24.2 Å². The van der Waals surface area contributed by atoms with Crippen molar-refractivity contribution >= 4 is 23.1 Å². The molecular weight excluding hydrogens is 418 g/mol. The van der Waals surface area contributed by atoms with Crippen LogP contribution in [0, 0.1) is 0 Å². The van der Waals surface area contributed by atoms with Crippen LogP contribution >= 0.6 is 0 Å². The Hall–Kier alpha value is -3.70. The highest BCUT2D eigenvalue weighted by atomic mass is 19.4. The zero-order chi connectivity index (χ0) is 21.8. The molecule has 0 aliphatic heterocycles. The van der Waals surface area contributed by atoms with Crippen molar-refractivity contribution in [3.05, 3.63) is 60.8 Å². The molecule has 1 aromatic heterocycles. The summed E-state index contributed by atoms with van der Waals surface area (Å²) >= 11 is 0. The first-order valence-electron chi connectivity index (χ1n) is 8.14. The number of alkyl halides is 6. The van der Waals surface area contributed by atoms with Crippen LogP contribution in [0.25, 0.3) is 0 Å². The van der Waals surface area contributed by atoms with E-state index in [2.05, 4.69) is 30.1 Å². The lowest BCUT2D eigenvalue weighted by Gasteiger charge is -2.12. The van der Waals surface area contributed by atoms with Crippen LogP contribution in [0.2, 0.25) is 0 Å². The molecule has 0 fully saturated rings. The van der Waals surface area contributed by atoms with E-state index in [0.29, 0.717) is 0 Å². The summed E-state index contributed by atoms with van der Waals surface area (Å²) in [5, 5.41) is 5.50. The third-order valence-corrected chi connectivity index (χ3v) is 3.32. The molecule has 12 heteroatoms. The van der Waals surface area contributed by atoms with Crippen molar-refractivity contribution in [2.75, 3.05) is 10.6 Å². The molecule has 6 nitrogen and oxygen atoms in total. The van der Waals surface area contributed by atoms with Crippen molar-refractivity contribution in [3.8, 4) is 11.5 Å². The molecule has 0 spiro atoms. The molecule has 30 heavy (non-hydrogen) atoms. The summed E-state index contributed by atoms with van der Waals surface area (Å²) in [4.78, 5) is 8.06. The number of nitrogens with zero attached hydrogens (tertiary/aromatic N) is 2. The van der Waals surface area contributed by atoms with E-state index in [1.807, 2.05) is 0 Å². The highest BCUT2D eigenvalue weighted by Gasteiger charge is 2.31. The van der Waals surface area contributed by atoms with Gasteiger partial charge in [0.15, 0.2) is 0 Å². The number of rotatable bonds is 6. The Balaban J connectivity index is 1.71. The Kier molecular flexibility index (Phi) is 5.85. The van der Waals surface area contributed by atoms with E-state index in [4.69, 9.17) is 0 Å². The van der Waals surface area contributed by atoms with Crippen LogP contribution < -0.4 is 20.1 Å². The normalized spacial score (nSPS) is 11.7. The van der Waals surface area contributed by atoms with Gasteiger partial charge in [-0.2, -0.15) is 4.98 Å². The van der Waals surface area contributed by atoms with Crippen molar-refractivity contribution in [2.24, 2.45) is 0 Å². The standard InChI is InChI=1S/C18H12F6N4O2/c19-17(20,21)29-13-5-1-3-11(9-13)26-15-7-8-25-16(28-15)27-12-4-2-6-14(10-12)30-18(22,23)24/h1-10H,(H2,25,26,27,28). The van der Waals surface area contributed by atoms with Crippen molar-refractivity contribution in [3.63, 3.8) is 0 Å². The van der Waals surface area contributed by atoms with Gasteiger partial charge in [0.1, 0.15) is 17.3 Å². The molecular formula is C18H12F6N4O2. The summed E-state index contributed by atoms with van der Waals surface area (Å²) in [6, 6.07) is 11.6. The second kappa shape index (κ2) is 8.35. The number of nitrogens with one attached hydrogen (secondary N) is 2. The van der Waals surface area contributed by atoms with Crippen LogP contribution in [0.1, 0.15) is 0 Å². The largest absolute Gasteiger partial charge is 0.573 e. The molecule has 1 heterocycles. The third-order valence-electron chi connectivity index (χ3n) is 3.32. The molecule has 0 radical (unpaired) electrons. The molecule has 2 N–H and O–H groups in total. The highest BCUT2D eigenvalue weighted by molar-refractivity contribution is 5.61. The topological polar surface area (TPSA) is 68.3 Å². The quantitative estimate of drug-likeness (QED) is 0.485. The SMILES string of the molecule is FC(F)(F)Oc1cccc(Nc2ccnc(Nc3cccc(OC(F)(F)F)c3)n2)c1. The van der Waals surface area contributed by atoms with E-state index in [9.17, 15) is 26.3 Å². The maximum atomic E-state index is 12.3. The van der Waals surface area contributed by atoms with Gasteiger partial charge in [0.2, 0.25) is 5.95 Å². The lowest BCUT2D eigenvalue weighted by atomic mass is 10.3. The number of anilines is 4. The molecule has 0 bridgehead atoms. The molecule has 2 aromatic carbocycles. The summed E-state index contributed by atoms with van der Waals surface area (Å²) in [5.74, 6) is -0.587. The van der Waals surface area contributed by atoms with Gasteiger partial charge in [-0.25, -0.2) is 4.98 Å². The molecule has 0 aliphatic carbocycles. The van der Waals surface area contributed by atoms with Crippen molar-refractivity contribution in [2.45, 2.75) is 12.7 Å². The van der Waals surface area contributed by atoms with E-state index in [0.717, 1.165) is 24.3 Å². The summed E-state index contributed by atoms with van der Waals surface area (Å²) in [7, 11) is 0. The molecule has 158 valence electrons. The minimum Gasteiger partial charge on any atom is -0.406 e. The lowest BCUT2D eigenvalue weighted by molar-refractivity contribution is -0.275. The van der Waals surface area contributed by atoms with Gasteiger partial charge >= 0.3 is 12.7 Å². The van der Waals surface area contributed by atoms with Crippen LogP contribution in [0.15, 0.2) is 60.8 Å². The van der Waals surface area contributed by atoms with Crippen LogP contribution in [0.5, 0.6) is 11.5 Å². The van der Waals surface area contributed by atoms with Gasteiger partial charge in [-0.1, -0.05) is 12.1 Å². The number of aromatic nitrogens is 2.